The third-order valence-corrected chi connectivity index (χ3v) is 4.90. The molecule has 0 saturated heterocycles. The lowest BCUT2D eigenvalue weighted by Crippen LogP contribution is -2.20. The summed E-state index contributed by atoms with van der Waals surface area (Å²) < 4.78 is 1.30. The van der Waals surface area contributed by atoms with Crippen LogP contribution in [0.25, 0.3) is 22.3 Å². The van der Waals surface area contributed by atoms with E-state index in [1.54, 1.807) is 30.3 Å². The molecule has 1 heterocycles. The molecule has 4 nitrogen and oxygen atoms in total. The first kappa shape index (κ1) is 18.4. The van der Waals surface area contributed by atoms with E-state index in [-0.39, 0.29) is 5.56 Å². The molecular weight excluding hydrogens is 393 g/mol. The Balaban J connectivity index is 1.93. The predicted octanol–water partition coefficient (Wildman–Crippen LogP) is 5.56. The normalized spacial score (nSPS) is 11.4. The van der Waals surface area contributed by atoms with E-state index < -0.39 is 0 Å². The summed E-state index contributed by atoms with van der Waals surface area (Å²) in [5.74, 6) is 0.463. The zero-order valence-electron chi connectivity index (χ0n) is 14.9. The number of hydrogen-bond donors (Lipinski definition) is 0. The molecule has 0 radical (unpaired) electrons. The molecule has 3 aromatic carbocycles. The van der Waals surface area contributed by atoms with Crippen LogP contribution in [0.5, 0.6) is 0 Å². The first-order valence-electron chi connectivity index (χ1n) is 8.61. The van der Waals surface area contributed by atoms with Gasteiger partial charge in [-0.05, 0) is 31.2 Å². The monoisotopic (exact) mass is 407 g/mol. The fraction of sp³-hybridized carbons (Fsp3) is 0.0455. The highest BCUT2D eigenvalue weighted by Crippen LogP contribution is 2.21. The van der Waals surface area contributed by atoms with Gasteiger partial charge in [0.05, 0.1) is 22.1 Å². The van der Waals surface area contributed by atoms with Crippen molar-refractivity contribution >= 4 is 40.3 Å². The van der Waals surface area contributed by atoms with Crippen LogP contribution in [0, 0.1) is 6.92 Å². The Morgan fingerprint density at radius 1 is 1.00 bits per heavy atom. The van der Waals surface area contributed by atoms with Crippen molar-refractivity contribution in [2.45, 2.75) is 6.92 Å². The number of benzene rings is 3. The van der Waals surface area contributed by atoms with Crippen molar-refractivity contribution in [2.24, 2.45) is 5.10 Å². The number of nitrogens with zero attached hydrogens (tertiary/aromatic N) is 3. The van der Waals surface area contributed by atoms with Crippen LogP contribution in [0.4, 0.5) is 0 Å². The standard InChI is InChI=1S/C22H15Cl2N3O/c1-14-6-8-15(9-7-14)21-26-20-5-3-2-4-18(20)22(28)27(21)25-13-16-10-11-17(23)12-19(16)24/h2-13H,1H3/b25-13-. The van der Waals surface area contributed by atoms with Gasteiger partial charge in [0.1, 0.15) is 0 Å². The Morgan fingerprint density at radius 3 is 2.50 bits per heavy atom. The summed E-state index contributed by atoms with van der Waals surface area (Å²) in [5.41, 5.74) is 2.95. The molecule has 0 spiro atoms. The maximum Gasteiger partial charge on any atom is 0.282 e. The Kier molecular flexibility index (Phi) is 4.99. The van der Waals surface area contributed by atoms with Gasteiger partial charge in [-0.1, -0.05) is 71.2 Å². The van der Waals surface area contributed by atoms with E-state index in [0.29, 0.717) is 32.3 Å². The van der Waals surface area contributed by atoms with E-state index in [9.17, 15) is 4.79 Å². The summed E-state index contributed by atoms with van der Waals surface area (Å²) in [5, 5.41) is 5.89. The highest BCUT2D eigenvalue weighted by atomic mass is 35.5. The largest absolute Gasteiger partial charge is 0.282 e. The Labute approximate surface area is 171 Å². The molecule has 1 aromatic heterocycles. The fourth-order valence-electron chi connectivity index (χ4n) is 2.85. The molecule has 6 heteroatoms. The first-order valence-corrected chi connectivity index (χ1v) is 9.37. The molecule has 0 N–H and O–H groups in total. The smallest absolute Gasteiger partial charge is 0.267 e. The van der Waals surface area contributed by atoms with Gasteiger partial charge in [-0.2, -0.15) is 9.78 Å². The van der Waals surface area contributed by atoms with Gasteiger partial charge < -0.3 is 0 Å². The number of halogens is 2. The van der Waals surface area contributed by atoms with Crippen LogP contribution >= 0.6 is 23.2 Å². The molecule has 28 heavy (non-hydrogen) atoms. The molecule has 0 fully saturated rings. The number of aryl methyl sites for hydroxylation is 1. The van der Waals surface area contributed by atoms with E-state index in [2.05, 4.69) is 10.1 Å². The topological polar surface area (TPSA) is 47.2 Å². The summed E-state index contributed by atoms with van der Waals surface area (Å²) in [6.07, 6.45) is 1.54. The number of para-hydroxylation sites is 1. The van der Waals surface area contributed by atoms with Crippen LogP contribution in [-0.4, -0.2) is 15.9 Å². The number of aromatic nitrogens is 2. The van der Waals surface area contributed by atoms with Crippen LogP contribution in [-0.2, 0) is 0 Å². The highest BCUT2D eigenvalue weighted by molar-refractivity contribution is 6.36. The lowest BCUT2D eigenvalue weighted by molar-refractivity contribution is 0.829. The van der Waals surface area contributed by atoms with Crippen molar-refractivity contribution in [2.75, 3.05) is 0 Å². The van der Waals surface area contributed by atoms with Crippen molar-refractivity contribution < 1.29 is 0 Å². The summed E-state index contributed by atoms with van der Waals surface area (Å²) in [7, 11) is 0. The minimum atomic E-state index is -0.248. The van der Waals surface area contributed by atoms with Gasteiger partial charge in [0.25, 0.3) is 5.56 Å². The first-order chi connectivity index (χ1) is 13.5. The van der Waals surface area contributed by atoms with Crippen LogP contribution in [0.1, 0.15) is 11.1 Å². The molecular formula is C22H15Cl2N3O. The van der Waals surface area contributed by atoms with Crippen molar-refractivity contribution in [1.82, 2.24) is 9.66 Å². The van der Waals surface area contributed by atoms with Gasteiger partial charge in [-0.3, -0.25) is 4.79 Å². The number of hydrogen-bond acceptors (Lipinski definition) is 3. The molecule has 0 bridgehead atoms. The summed E-state index contributed by atoms with van der Waals surface area (Å²) >= 11 is 12.2. The lowest BCUT2D eigenvalue weighted by atomic mass is 10.1. The van der Waals surface area contributed by atoms with Crippen LogP contribution < -0.4 is 5.56 Å². The van der Waals surface area contributed by atoms with E-state index in [1.807, 2.05) is 43.3 Å². The van der Waals surface area contributed by atoms with E-state index in [0.717, 1.165) is 11.1 Å². The minimum absolute atomic E-state index is 0.248. The zero-order chi connectivity index (χ0) is 19.7. The molecule has 4 aromatic rings. The number of fused-ring (bicyclic) bond motifs is 1. The average molecular weight is 408 g/mol. The van der Waals surface area contributed by atoms with Gasteiger partial charge in [0, 0.05) is 16.1 Å². The molecule has 0 amide bonds. The second-order valence-corrected chi connectivity index (χ2v) is 7.19. The molecule has 138 valence electrons. The molecule has 0 aliphatic heterocycles. The van der Waals surface area contributed by atoms with Crippen molar-refractivity contribution in [1.29, 1.82) is 0 Å². The van der Waals surface area contributed by atoms with Gasteiger partial charge in [-0.15, -0.1) is 0 Å². The van der Waals surface area contributed by atoms with Gasteiger partial charge in [-0.25, -0.2) is 4.98 Å². The summed E-state index contributed by atoms with van der Waals surface area (Å²) in [6.45, 7) is 2.01. The minimum Gasteiger partial charge on any atom is -0.267 e. The molecule has 0 atom stereocenters. The van der Waals surface area contributed by atoms with E-state index in [1.165, 1.54) is 10.9 Å². The molecule has 4 rings (SSSR count). The quantitative estimate of drug-likeness (QED) is 0.417. The van der Waals surface area contributed by atoms with Crippen molar-refractivity contribution in [3.8, 4) is 11.4 Å². The van der Waals surface area contributed by atoms with Crippen LogP contribution in [0.3, 0.4) is 0 Å². The third-order valence-electron chi connectivity index (χ3n) is 4.34. The van der Waals surface area contributed by atoms with Crippen LogP contribution in [0.15, 0.2) is 76.6 Å². The van der Waals surface area contributed by atoms with Gasteiger partial charge in [0.15, 0.2) is 5.82 Å². The SMILES string of the molecule is Cc1ccc(-c2nc3ccccc3c(=O)n2/N=C\c2ccc(Cl)cc2Cl)cc1. The second kappa shape index (κ2) is 7.58. The number of rotatable bonds is 3. The van der Waals surface area contributed by atoms with Gasteiger partial charge >= 0.3 is 0 Å². The van der Waals surface area contributed by atoms with E-state index >= 15 is 0 Å². The van der Waals surface area contributed by atoms with E-state index in [4.69, 9.17) is 23.2 Å². The van der Waals surface area contributed by atoms with Crippen LogP contribution in [0.2, 0.25) is 10.0 Å². The Morgan fingerprint density at radius 2 is 1.75 bits per heavy atom. The van der Waals surface area contributed by atoms with Gasteiger partial charge in [0.2, 0.25) is 0 Å². The maximum atomic E-state index is 13.1. The predicted molar refractivity (Wildman–Crippen MR) is 116 cm³/mol. The zero-order valence-corrected chi connectivity index (χ0v) is 16.4. The summed E-state index contributed by atoms with van der Waals surface area (Å²) in [4.78, 5) is 17.8. The fourth-order valence-corrected chi connectivity index (χ4v) is 3.30. The molecule has 0 aliphatic rings. The van der Waals surface area contributed by atoms with Crippen molar-refractivity contribution in [3.05, 3.63) is 98.3 Å². The second-order valence-electron chi connectivity index (χ2n) is 6.35. The highest BCUT2D eigenvalue weighted by Gasteiger charge is 2.12. The lowest BCUT2D eigenvalue weighted by Gasteiger charge is -2.10. The molecule has 0 unspecified atom stereocenters. The average Bonchev–Trinajstić information content (AvgIpc) is 2.69. The Hall–Kier alpha value is -2.95. The van der Waals surface area contributed by atoms with Crippen molar-refractivity contribution in [3.63, 3.8) is 0 Å². The molecule has 0 saturated carbocycles. The maximum absolute atomic E-state index is 13.1. The molecule has 0 aliphatic carbocycles. The summed E-state index contributed by atoms with van der Waals surface area (Å²) in [6, 6.07) is 20.1. The third kappa shape index (κ3) is 3.57. The Bertz CT molecular complexity index is 1260.